The fourth-order valence-electron chi connectivity index (χ4n) is 2.15. The van der Waals surface area contributed by atoms with E-state index in [1.165, 1.54) is 12.1 Å². The van der Waals surface area contributed by atoms with Crippen LogP contribution in [0.25, 0.3) is 10.9 Å². The van der Waals surface area contributed by atoms with Crippen LogP contribution in [0.4, 0.5) is 4.39 Å². The molecule has 0 aliphatic rings. The summed E-state index contributed by atoms with van der Waals surface area (Å²) in [5, 5.41) is 14.7. The van der Waals surface area contributed by atoms with E-state index in [0.29, 0.717) is 6.54 Å². The van der Waals surface area contributed by atoms with Crippen LogP contribution in [0.3, 0.4) is 0 Å². The first-order valence-corrected chi connectivity index (χ1v) is 6.06. The smallest absolute Gasteiger partial charge is 0.123 e. The molecule has 4 heteroatoms. The summed E-state index contributed by atoms with van der Waals surface area (Å²) >= 11 is 0. The van der Waals surface area contributed by atoms with Crippen molar-refractivity contribution in [1.29, 1.82) is 0 Å². The van der Waals surface area contributed by atoms with Gasteiger partial charge in [-0.15, -0.1) is 0 Å². The number of aromatic nitrogens is 2. The molecule has 0 aliphatic heterocycles. The first-order chi connectivity index (χ1) is 9.26. The van der Waals surface area contributed by atoms with Gasteiger partial charge in [0, 0.05) is 11.6 Å². The van der Waals surface area contributed by atoms with Crippen molar-refractivity contribution in [2.24, 2.45) is 0 Å². The van der Waals surface area contributed by atoms with Gasteiger partial charge in [-0.25, -0.2) is 4.39 Å². The molecule has 0 radical (unpaired) electrons. The van der Waals surface area contributed by atoms with Crippen LogP contribution >= 0.6 is 0 Å². The third-order valence-electron chi connectivity index (χ3n) is 3.12. The minimum atomic E-state index is -0.239. The molecular weight excluding hydrogens is 243 g/mol. The second-order valence-electron chi connectivity index (χ2n) is 4.46. The van der Waals surface area contributed by atoms with Crippen LogP contribution < -0.4 is 0 Å². The van der Waals surface area contributed by atoms with Gasteiger partial charge < -0.3 is 5.11 Å². The van der Waals surface area contributed by atoms with Crippen LogP contribution in [-0.4, -0.2) is 14.9 Å². The van der Waals surface area contributed by atoms with E-state index < -0.39 is 0 Å². The van der Waals surface area contributed by atoms with Crippen LogP contribution in [0.5, 0.6) is 0 Å². The highest BCUT2D eigenvalue weighted by molar-refractivity contribution is 5.81. The highest BCUT2D eigenvalue weighted by Crippen LogP contribution is 2.18. The van der Waals surface area contributed by atoms with Gasteiger partial charge in [-0.3, -0.25) is 4.68 Å². The Labute approximate surface area is 109 Å². The summed E-state index contributed by atoms with van der Waals surface area (Å²) in [6.45, 7) is 0.583. The van der Waals surface area contributed by atoms with Gasteiger partial charge in [-0.2, -0.15) is 5.10 Å². The van der Waals surface area contributed by atoms with Crippen LogP contribution in [0, 0.1) is 5.82 Å². The van der Waals surface area contributed by atoms with Gasteiger partial charge in [0.15, 0.2) is 0 Å². The average Bonchev–Trinajstić information content (AvgIpc) is 2.83. The third kappa shape index (κ3) is 2.35. The minimum Gasteiger partial charge on any atom is -0.392 e. The van der Waals surface area contributed by atoms with Crippen molar-refractivity contribution in [1.82, 2.24) is 9.78 Å². The number of fused-ring (bicyclic) bond motifs is 1. The van der Waals surface area contributed by atoms with Crippen molar-refractivity contribution in [2.75, 3.05) is 0 Å². The molecule has 0 spiro atoms. The summed E-state index contributed by atoms with van der Waals surface area (Å²) < 4.78 is 14.6. The van der Waals surface area contributed by atoms with Gasteiger partial charge in [0.1, 0.15) is 5.82 Å². The maximum Gasteiger partial charge on any atom is 0.123 e. The molecule has 0 saturated heterocycles. The summed E-state index contributed by atoms with van der Waals surface area (Å²) in [6, 6.07) is 12.0. The van der Waals surface area contributed by atoms with Crippen molar-refractivity contribution in [2.45, 2.75) is 13.2 Å². The largest absolute Gasteiger partial charge is 0.392 e. The van der Waals surface area contributed by atoms with Crippen molar-refractivity contribution in [3.05, 3.63) is 65.6 Å². The van der Waals surface area contributed by atoms with Crippen LogP contribution in [0.2, 0.25) is 0 Å². The summed E-state index contributed by atoms with van der Waals surface area (Å²) in [7, 11) is 0. The van der Waals surface area contributed by atoms with Crippen molar-refractivity contribution in [3.8, 4) is 0 Å². The van der Waals surface area contributed by atoms with E-state index in [-0.39, 0.29) is 12.4 Å². The molecule has 0 fully saturated rings. The van der Waals surface area contributed by atoms with Gasteiger partial charge in [-0.1, -0.05) is 24.3 Å². The highest BCUT2D eigenvalue weighted by atomic mass is 19.1. The van der Waals surface area contributed by atoms with Crippen molar-refractivity contribution < 1.29 is 9.50 Å². The Hall–Kier alpha value is -2.20. The second-order valence-corrected chi connectivity index (χ2v) is 4.46. The Bertz CT molecular complexity index is 704. The molecule has 3 nitrogen and oxygen atoms in total. The topological polar surface area (TPSA) is 38.1 Å². The molecule has 0 saturated carbocycles. The normalized spacial score (nSPS) is 11.1. The fourth-order valence-corrected chi connectivity index (χ4v) is 2.15. The first kappa shape index (κ1) is 11.9. The number of nitrogens with zero attached hydrogens (tertiary/aromatic N) is 2. The molecule has 3 aromatic rings. The molecule has 0 bridgehead atoms. The zero-order valence-electron chi connectivity index (χ0n) is 10.3. The quantitative estimate of drug-likeness (QED) is 0.782. The van der Waals surface area contributed by atoms with Gasteiger partial charge in [-0.05, 0) is 29.3 Å². The number of rotatable bonds is 3. The number of benzene rings is 2. The highest BCUT2D eigenvalue weighted by Gasteiger charge is 2.05. The molecular formula is C15H13FN2O. The Balaban J connectivity index is 1.95. The fraction of sp³-hybridized carbons (Fsp3) is 0.133. The van der Waals surface area contributed by atoms with E-state index in [1.807, 2.05) is 24.4 Å². The van der Waals surface area contributed by atoms with E-state index in [4.69, 9.17) is 0 Å². The summed E-state index contributed by atoms with van der Waals surface area (Å²) in [6.07, 6.45) is 1.91. The van der Waals surface area contributed by atoms with Crippen molar-refractivity contribution >= 4 is 10.9 Å². The van der Waals surface area contributed by atoms with E-state index >= 15 is 0 Å². The van der Waals surface area contributed by atoms with Crippen LogP contribution in [0.15, 0.2) is 48.7 Å². The first-order valence-electron chi connectivity index (χ1n) is 6.06. The lowest BCUT2D eigenvalue weighted by atomic mass is 10.1. The Morgan fingerprint density at radius 2 is 1.89 bits per heavy atom. The summed E-state index contributed by atoms with van der Waals surface area (Å²) in [5.74, 6) is -0.239. The molecule has 19 heavy (non-hydrogen) atoms. The average molecular weight is 256 g/mol. The third-order valence-corrected chi connectivity index (χ3v) is 3.12. The zero-order chi connectivity index (χ0) is 13.2. The van der Waals surface area contributed by atoms with Crippen molar-refractivity contribution in [3.63, 3.8) is 0 Å². The molecule has 2 aromatic carbocycles. The molecule has 1 heterocycles. The maximum absolute atomic E-state index is 12.8. The lowest BCUT2D eigenvalue weighted by Gasteiger charge is -2.01. The van der Waals surface area contributed by atoms with Gasteiger partial charge >= 0.3 is 0 Å². The maximum atomic E-state index is 12.8. The van der Waals surface area contributed by atoms with Crippen LogP contribution in [0.1, 0.15) is 11.1 Å². The second kappa shape index (κ2) is 4.82. The number of hydrogen-bond acceptors (Lipinski definition) is 2. The van der Waals surface area contributed by atoms with E-state index in [1.54, 1.807) is 16.8 Å². The van der Waals surface area contributed by atoms with Gasteiger partial charge in [0.2, 0.25) is 0 Å². The van der Waals surface area contributed by atoms with E-state index in [0.717, 1.165) is 22.0 Å². The molecule has 1 aromatic heterocycles. The Morgan fingerprint density at radius 3 is 2.63 bits per heavy atom. The molecule has 96 valence electrons. The monoisotopic (exact) mass is 256 g/mol. The SMILES string of the molecule is OCc1cccc2nn(Cc3ccc(F)cc3)cc12. The molecule has 0 aliphatic carbocycles. The molecule has 0 atom stereocenters. The van der Waals surface area contributed by atoms with E-state index in [9.17, 15) is 9.50 Å². The van der Waals surface area contributed by atoms with Gasteiger partial charge in [0.05, 0.1) is 18.7 Å². The molecule has 3 rings (SSSR count). The molecule has 0 unspecified atom stereocenters. The zero-order valence-corrected chi connectivity index (χ0v) is 10.3. The molecule has 1 N–H and O–H groups in total. The van der Waals surface area contributed by atoms with E-state index in [2.05, 4.69) is 5.10 Å². The lowest BCUT2D eigenvalue weighted by molar-refractivity contribution is 0.283. The standard InChI is InChI=1S/C15H13FN2O/c16-13-6-4-11(5-7-13)8-18-9-14-12(10-19)2-1-3-15(14)17-18/h1-7,9,19H,8,10H2. The Kier molecular flexibility index (Phi) is 3.01. The number of hydrogen-bond donors (Lipinski definition) is 1. The Morgan fingerprint density at radius 1 is 1.11 bits per heavy atom. The number of aliphatic hydroxyl groups is 1. The summed E-state index contributed by atoms with van der Waals surface area (Å²) in [5.41, 5.74) is 2.70. The summed E-state index contributed by atoms with van der Waals surface area (Å²) in [4.78, 5) is 0. The molecule has 0 amide bonds. The number of halogens is 1. The van der Waals surface area contributed by atoms with Gasteiger partial charge in [0.25, 0.3) is 0 Å². The predicted molar refractivity (Wildman–Crippen MR) is 71.2 cm³/mol. The lowest BCUT2D eigenvalue weighted by Crippen LogP contribution is -1.99. The predicted octanol–water partition coefficient (Wildman–Crippen LogP) is 2.72. The minimum absolute atomic E-state index is 0.000415. The number of aliphatic hydroxyl groups excluding tert-OH is 1. The van der Waals surface area contributed by atoms with Crippen LogP contribution in [-0.2, 0) is 13.2 Å².